The van der Waals surface area contributed by atoms with Crippen molar-refractivity contribution in [2.24, 2.45) is 0 Å². The van der Waals surface area contributed by atoms with Crippen molar-refractivity contribution in [3.63, 3.8) is 0 Å². The van der Waals surface area contributed by atoms with Gasteiger partial charge in [-0.1, -0.05) is 6.42 Å². The number of nitrogens with zero attached hydrogens (tertiary/aromatic N) is 2. The molecule has 3 nitrogen and oxygen atoms in total. The molecule has 0 bridgehead atoms. The highest BCUT2D eigenvalue weighted by molar-refractivity contribution is 7.09. The first kappa shape index (κ1) is 11.7. The molecule has 4 heteroatoms. The molecule has 0 saturated carbocycles. The van der Waals surface area contributed by atoms with Crippen LogP contribution in [0.25, 0.3) is 0 Å². The number of hydrogen-bond acceptors (Lipinski definition) is 4. The lowest BCUT2D eigenvalue weighted by atomic mass is 10.0. The van der Waals surface area contributed by atoms with Gasteiger partial charge in [0.2, 0.25) is 0 Å². The lowest BCUT2D eigenvalue weighted by Crippen LogP contribution is -2.41. The highest BCUT2D eigenvalue weighted by atomic mass is 32.1. The Morgan fingerprint density at radius 1 is 1.62 bits per heavy atom. The van der Waals surface area contributed by atoms with Gasteiger partial charge in [0.05, 0.1) is 17.2 Å². The molecule has 0 amide bonds. The average molecular weight is 238 g/mol. The van der Waals surface area contributed by atoms with Gasteiger partial charge >= 0.3 is 0 Å². The zero-order valence-electron chi connectivity index (χ0n) is 9.69. The van der Waals surface area contributed by atoms with Gasteiger partial charge in [0.15, 0.2) is 0 Å². The molecular weight excluding hydrogens is 220 g/mol. The van der Waals surface area contributed by atoms with Gasteiger partial charge in [-0.2, -0.15) is 0 Å². The van der Waals surface area contributed by atoms with E-state index in [0.29, 0.717) is 0 Å². The van der Waals surface area contributed by atoms with E-state index in [-0.39, 0.29) is 6.04 Å². The largest absolute Gasteiger partial charge is 0.302 e. The minimum Gasteiger partial charge on any atom is -0.302 e. The van der Waals surface area contributed by atoms with Gasteiger partial charge in [0.25, 0.3) is 0 Å². The Bertz CT molecular complexity index is 351. The van der Waals surface area contributed by atoms with Crippen LogP contribution < -0.4 is 0 Å². The molecule has 0 radical (unpaired) electrons. The van der Waals surface area contributed by atoms with Crippen molar-refractivity contribution in [2.75, 3.05) is 13.1 Å². The second-order valence-corrected chi connectivity index (χ2v) is 5.29. The second kappa shape index (κ2) is 5.55. The first-order chi connectivity index (χ1) is 7.81. The summed E-state index contributed by atoms with van der Waals surface area (Å²) < 4.78 is 0. The molecule has 1 fully saturated rings. The predicted molar refractivity (Wildman–Crippen MR) is 65.8 cm³/mol. The molecule has 2 heterocycles. The van der Waals surface area contributed by atoms with Gasteiger partial charge in [-0.3, -0.25) is 4.90 Å². The number of likely N-dealkylation sites (tertiary alicyclic amines) is 1. The Morgan fingerprint density at radius 2 is 2.50 bits per heavy atom. The van der Waals surface area contributed by atoms with E-state index in [1.807, 2.05) is 5.51 Å². The summed E-state index contributed by atoms with van der Waals surface area (Å²) in [6, 6.07) is 0.155. The Hall–Kier alpha value is -0.740. The number of carbonyl (C=O) groups excluding carboxylic acids is 1. The van der Waals surface area contributed by atoms with E-state index in [1.165, 1.54) is 17.7 Å². The normalized spacial score (nSPS) is 22.2. The Kier molecular flexibility index (Phi) is 4.07. The van der Waals surface area contributed by atoms with Crippen molar-refractivity contribution in [1.29, 1.82) is 0 Å². The van der Waals surface area contributed by atoms with Gasteiger partial charge < -0.3 is 4.79 Å². The van der Waals surface area contributed by atoms with Crippen molar-refractivity contribution >= 4 is 17.6 Å². The Morgan fingerprint density at radius 3 is 3.19 bits per heavy atom. The quantitative estimate of drug-likeness (QED) is 0.753. The lowest BCUT2D eigenvalue weighted by Gasteiger charge is -2.31. The molecule has 1 aliphatic rings. The molecule has 1 aromatic rings. The lowest BCUT2D eigenvalue weighted by molar-refractivity contribution is -0.113. The summed E-state index contributed by atoms with van der Waals surface area (Å²) in [6.45, 7) is 4.12. The third-order valence-corrected chi connectivity index (χ3v) is 4.29. The number of rotatable bonds is 4. The maximum Gasteiger partial charge on any atom is 0.137 e. The van der Waals surface area contributed by atoms with Gasteiger partial charge in [-0.05, 0) is 32.7 Å². The third kappa shape index (κ3) is 2.68. The van der Waals surface area contributed by atoms with Crippen LogP contribution in [0.5, 0.6) is 0 Å². The fourth-order valence-electron chi connectivity index (χ4n) is 2.26. The van der Waals surface area contributed by atoms with Crippen LogP contribution in [0.4, 0.5) is 0 Å². The van der Waals surface area contributed by atoms with E-state index in [4.69, 9.17) is 0 Å². The van der Waals surface area contributed by atoms with Crippen LogP contribution in [-0.2, 0) is 11.2 Å². The maximum absolute atomic E-state index is 10.9. The molecule has 0 spiro atoms. The van der Waals surface area contributed by atoms with Gasteiger partial charge in [0.1, 0.15) is 6.29 Å². The monoisotopic (exact) mass is 238 g/mol. The van der Waals surface area contributed by atoms with Crippen molar-refractivity contribution in [3.05, 3.63) is 16.1 Å². The third-order valence-electron chi connectivity index (χ3n) is 3.29. The zero-order chi connectivity index (χ0) is 11.4. The number of thiazole rings is 1. The molecule has 0 N–H and O–H groups in total. The molecule has 1 atom stereocenters. The van der Waals surface area contributed by atoms with Crippen LogP contribution in [0.15, 0.2) is 5.51 Å². The molecule has 0 aliphatic carbocycles. The minimum atomic E-state index is 0.155. The van der Waals surface area contributed by atoms with Crippen LogP contribution in [0, 0.1) is 6.92 Å². The molecule has 1 saturated heterocycles. The number of aromatic nitrogens is 1. The van der Waals surface area contributed by atoms with Crippen LogP contribution in [0.1, 0.15) is 29.8 Å². The van der Waals surface area contributed by atoms with Gasteiger partial charge in [-0.25, -0.2) is 4.98 Å². The molecule has 16 heavy (non-hydrogen) atoms. The topological polar surface area (TPSA) is 33.2 Å². The highest BCUT2D eigenvalue weighted by Crippen LogP contribution is 2.18. The van der Waals surface area contributed by atoms with Crippen molar-refractivity contribution < 1.29 is 4.79 Å². The smallest absolute Gasteiger partial charge is 0.137 e. The van der Waals surface area contributed by atoms with E-state index in [2.05, 4.69) is 16.8 Å². The summed E-state index contributed by atoms with van der Waals surface area (Å²) in [5.74, 6) is 0. The van der Waals surface area contributed by atoms with Crippen LogP contribution in [0.2, 0.25) is 0 Å². The number of piperidine rings is 1. The summed E-state index contributed by atoms with van der Waals surface area (Å²) in [5, 5.41) is 0. The van der Waals surface area contributed by atoms with Gasteiger partial charge in [0, 0.05) is 11.4 Å². The fraction of sp³-hybridized carbons (Fsp3) is 0.667. The van der Waals surface area contributed by atoms with E-state index >= 15 is 0 Å². The minimum absolute atomic E-state index is 0.155. The summed E-state index contributed by atoms with van der Waals surface area (Å²) in [5.41, 5.74) is 3.04. The number of carbonyl (C=O) groups is 1. The van der Waals surface area contributed by atoms with Crippen LogP contribution >= 0.6 is 11.3 Å². The predicted octanol–water partition coefficient (Wildman–Crippen LogP) is 2.05. The number of aryl methyl sites for hydroxylation is 1. The Labute approximate surface area is 100 Å². The average Bonchev–Trinajstić information content (AvgIpc) is 2.72. The summed E-state index contributed by atoms with van der Waals surface area (Å²) in [4.78, 5) is 18.9. The van der Waals surface area contributed by atoms with Crippen molar-refractivity contribution in [1.82, 2.24) is 9.88 Å². The molecule has 88 valence electrons. The number of aldehydes is 1. The van der Waals surface area contributed by atoms with Crippen LogP contribution in [-0.4, -0.2) is 35.3 Å². The summed E-state index contributed by atoms with van der Waals surface area (Å²) >= 11 is 1.72. The summed E-state index contributed by atoms with van der Waals surface area (Å²) in [7, 11) is 0. The standard InChI is InChI=1S/C12H18N2OS/c1-10-12(16-9-13-10)5-7-14-6-3-2-4-11(14)8-15/h8-9,11H,2-7H2,1H3. The second-order valence-electron chi connectivity index (χ2n) is 4.35. The molecule has 1 aliphatic heterocycles. The molecule has 2 rings (SSSR count). The molecule has 1 aromatic heterocycles. The summed E-state index contributed by atoms with van der Waals surface area (Å²) in [6.07, 6.45) is 5.59. The fourth-order valence-corrected chi connectivity index (χ4v) is 3.03. The van der Waals surface area contributed by atoms with Crippen molar-refractivity contribution in [3.8, 4) is 0 Å². The molecular formula is C12H18N2OS. The number of hydrogen-bond donors (Lipinski definition) is 0. The van der Waals surface area contributed by atoms with E-state index in [9.17, 15) is 4.79 Å². The highest BCUT2D eigenvalue weighted by Gasteiger charge is 2.21. The first-order valence-corrected chi connectivity index (χ1v) is 6.77. The van der Waals surface area contributed by atoms with E-state index in [1.54, 1.807) is 11.3 Å². The van der Waals surface area contributed by atoms with Crippen LogP contribution in [0.3, 0.4) is 0 Å². The first-order valence-electron chi connectivity index (χ1n) is 5.89. The Balaban J connectivity index is 1.89. The van der Waals surface area contributed by atoms with E-state index in [0.717, 1.165) is 37.9 Å². The SMILES string of the molecule is Cc1ncsc1CCN1CCCCC1C=O. The molecule has 1 unspecified atom stereocenters. The van der Waals surface area contributed by atoms with E-state index < -0.39 is 0 Å². The van der Waals surface area contributed by atoms with Crippen molar-refractivity contribution in [2.45, 2.75) is 38.6 Å². The maximum atomic E-state index is 10.9. The zero-order valence-corrected chi connectivity index (χ0v) is 10.5. The van der Waals surface area contributed by atoms with Gasteiger partial charge in [-0.15, -0.1) is 11.3 Å². The molecule has 0 aromatic carbocycles.